The lowest BCUT2D eigenvalue weighted by Crippen LogP contribution is -2.42. The fourth-order valence-electron chi connectivity index (χ4n) is 8.32. The summed E-state index contributed by atoms with van der Waals surface area (Å²) in [5.41, 5.74) is 3.37. The predicted octanol–water partition coefficient (Wildman–Crippen LogP) is 11.7. The molecule has 3 saturated carbocycles. The van der Waals surface area contributed by atoms with Gasteiger partial charge in [0, 0.05) is 6.42 Å². The maximum absolute atomic E-state index is 12.7. The predicted molar refractivity (Wildman–Crippen MR) is 205 cm³/mol. The standard InChI is InChI=1S/C41H70O4Si2/c1-15-41(16-2,43-38(42)39(5,6)7)27-18-17-20-30(3)35-24-25-36-32(21-19-26-40(35,36)8)22-23-33-28-34(44-46(9,10)11)29-37(31(33)4)45-47(12,13)14/h17-18,20,22-23,27,30,34-37H,4,15-16,19,21,24-26,28-29H2,1-3,5-14H3/b20-17+,27-18+,32-22+,33-23-/t30-,34?,35+,36-,37-,40+/m0/s1. The zero-order valence-electron chi connectivity index (χ0n) is 32.6. The van der Waals surface area contributed by atoms with E-state index in [0.29, 0.717) is 23.2 Å². The second kappa shape index (κ2) is 15.6. The number of fused-ring (bicyclic) bond motifs is 1. The van der Waals surface area contributed by atoms with E-state index in [1.165, 1.54) is 37.7 Å². The van der Waals surface area contributed by atoms with Crippen LogP contribution in [0.3, 0.4) is 0 Å². The van der Waals surface area contributed by atoms with Gasteiger partial charge in [-0.25, -0.2) is 0 Å². The van der Waals surface area contributed by atoms with Crippen LogP contribution in [-0.2, 0) is 18.4 Å². The molecule has 0 aromatic carbocycles. The van der Waals surface area contributed by atoms with E-state index in [4.69, 9.17) is 13.6 Å². The molecule has 0 aliphatic heterocycles. The maximum atomic E-state index is 12.7. The normalized spacial score (nSPS) is 30.4. The fraction of sp³-hybridized carbons (Fsp3) is 0.732. The number of esters is 1. The van der Waals surface area contributed by atoms with E-state index in [9.17, 15) is 4.79 Å². The molecule has 0 aromatic heterocycles. The van der Waals surface area contributed by atoms with Crippen molar-refractivity contribution < 1.29 is 18.4 Å². The van der Waals surface area contributed by atoms with Gasteiger partial charge in [0.15, 0.2) is 16.6 Å². The summed E-state index contributed by atoms with van der Waals surface area (Å²) in [6, 6.07) is 0. The van der Waals surface area contributed by atoms with E-state index >= 15 is 0 Å². The van der Waals surface area contributed by atoms with Crippen LogP contribution >= 0.6 is 0 Å². The van der Waals surface area contributed by atoms with Crippen LogP contribution in [0.5, 0.6) is 0 Å². The molecular formula is C41H70O4Si2. The van der Waals surface area contributed by atoms with Gasteiger partial charge in [0.05, 0.1) is 17.6 Å². The van der Waals surface area contributed by atoms with Crippen molar-refractivity contribution in [2.24, 2.45) is 28.6 Å². The number of hydrogen-bond acceptors (Lipinski definition) is 4. The van der Waals surface area contributed by atoms with Gasteiger partial charge < -0.3 is 13.6 Å². The minimum atomic E-state index is -1.72. The van der Waals surface area contributed by atoms with Crippen LogP contribution in [0.25, 0.3) is 0 Å². The molecule has 0 N–H and O–H groups in total. The van der Waals surface area contributed by atoms with Crippen LogP contribution in [0.2, 0.25) is 39.3 Å². The summed E-state index contributed by atoms with van der Waals surface area (Å²) in [5, 5.41) is 0. The van der Waals surface area contributed by atoms with Gasteiger partial charge in [-0.15, -0.1) is 0 Å². The molecule has 3 aliphatic rings. The average molecular weight is 683 g/mol. The quantitative estimate of drug-likeness (QED) is 0.117. The molecule has 0 radical (unpaired) electrons. The summed E-state index contributed by atoms with van der Waals surface area (Å²) >= 11 is 0. The molecule has 266 valence electrons. The van der Waals surface area contributed by atoms with Crippen molar-refractivity contribution in [2.75, 3.05) is 0 Å². The van der Waals surface area contributed by atoms with E-state index in [1.807, 2.05) is 20.8 Å². The first-order valence-electron chi connectivity index (χ1n) is 18.7. The Kier molecular flexibility index (Phi) is 13.3. The first-order valence-corrected chi connectivity index (χ1v) is 25.5. The maximum Gasteiger partial charge on any atom is 0.312 e. The molecule has 1 unspecified atom stereocenters. The SMILES string of the molecule is C=C1/C(=C\C=C2/CCC[C@]3(C)[C@@H]([C@@H](C)/C=C/C=C/C(CC)(CC)OC(=O)C(C)(C)C)CC[C@@H]23)CC(O[Si](C)(C)C)C[C@@H]1O[Si](C)(C)C. The Labute approximate surface area is 291 Å². The summed E-state index contributed by atoms with van der Waals surface area (Å²) in [4.78, 5) is 12.7. The second-order valence-electron chi connectivity index (χ2n) is 18.1. The van der Waals surface area contributed by atoms with Crippen molar-refractivity contribution in [1.82, 2.24) is 0 Å². The van der Waals surface area contributed by atoms with Crippen LogP contribution < -0.4 is 0 Å². The summed E-state index contributed by atoms with van der Waals surface area (Å²) in [6.45, 7) is 33.2. The molecule has 0 heterocycles. The highest BCUT2D eigenvalue weighted by molar-refractivity contribution is 6.70. The monoisotopic (exact) mass is 682 g/mol. The van der Waals surface area contributed by atoms with Crippen molar-refractivity contribution in [1.29, 1.82) is 0 Å². The Morgan fingerprint density at radius 2 is 1.64 bits per heavy atom. The minimum Gasteiger partial charge on any atom is -0.454 e. The lowest BCUT2D eigenvalue weighted by atomic mass is 9.61. The van der Waals surface area contributed by atoms with Crippen LogP contribution in [0, 0.1) is 28.6 Å². The Morgan fingerprint density at radius 3 is 2.21 bits per heavy atom. The number of carbonyl (C=O) groups excluding carboxylic acids is 1. The molecule has 0 saturated heterocycles. The van der Waals surface area contributed by atoms with E-state index < -0.39 is 27.7 Å². The summed E-state index contributed by atoms with van der Waals surface area (Å²) in [7, 11) is -3.39. The highest BCUT2D eigenvalue weighted by atomic mass is 28.4. The zero-order chi connectivity index (χ0) is 35.4. The highest BCUT2D eigenvalue weighted by Gasteiger charge is 2.50. The topological polar surface area (TPSA) is 44.8 Å². The third-order valence-corrected chi connectivity index (χ3v) is 13.0. The summed E-state index contributed by atoms with van der Waals surface area (Å²) < 4.78 is 19.4. The molecule has 4 nitrogen and oxygen atoms in total. The van der Waals surface area contributed by atoms with E-state index in [1.54, 1.807) is 5.57 Å². The molecule has 47 heavy (non-hydrogen) atoms. The van der Waals surface area contributed by atoms with Crippen LogP contribution in [0.4, 0.5) is 0 Å². The van der Waals surface area contributed by atoms with Gasteiger partial charge in [-0.1, -0.05) is 70.2 Å². The van der Waals surface area contributed by atoms with Crippen molar-refractivity contribution in [2.45, 2.75) is 163 Å². The van der Waals surface area contributed by atoms with Gasteiger partial charge in [0.25, 0.3) is 0 Å². The van der Waals surface area contributed by atoms with Crippen molar-refractivity contribution >= 4 is 22.6 Å². The third-order valence-electron chi connectivity index (χ3n) is 10.9. The molecule has 3 aliphatic carbocycles. The number of ether oxygens (including phenoxy) is 1. The van der Waals surface area contributed by atoms with E-state index in [-0.39, 0.29) is 18.2 Å². The zero-order valence-corrected chi connectivity index (χ0v) is 34.6. The lowest BCUT2D eigenvalue weighted by molar-refractivity contribution is -0.165. The second-order valence-corrected chi connectivity index (χ2v) is 27.0. The summed E-state index contributed by atoms with van der Waals surface area (Å²) in [6.07, 6.45) is 23.6. The van der Waals surface area contributed by atoms with E-state index in [2.05, 4.69) is 110 Å². The number of hydrogen-bond donors (Lipinski definition) is 0. The number of carbonyl (C=O) groups is 1. The highest BCUT2D eigenvalue weighted by Crippen LogP contribution is 2.59. The Morgan fingerprint density at radius 1 is 1.00 bits per heavy atom. The Hall–Kier alpha value is -1.48. The fourth-order valence-corrected chi connectivity index (χ4v) is 10.6. The van der Waals surface area contributed by atoms with Crippen LogP contribution in [0.15, 0.2) is 59.8 Å². The molecule has 3 rings (SSSR count). The molecule has 6 atom stereocenters. The molecule has 0 spiro atoms. The Balaban J connectivity index is 1.77. The molecule has 0 amide bonds. The molecule has 0 bridgehead atoms. The largest absolute Gasteiger partial charge is 0.454 e. The van der Waals surface area contributed by atoms with Gasteiger partial charge in [-0.05, 0) is 152 Å². The summed E-state index contributed by atoms with van der Waals surface area (Å²) in [5.74, 6) is 1.63. The van der Waals surface area contributed by atoms with Crippen LogP contribution in [0.1, 0.15) is 106 Å². The van der Waals surface area contributed by atoms with Crippen molar-refractivity contribution in [3.8, 4) is 0 Å². The van der Waals surface area contributed by atoms with Gasteiger partial charge in [-0.3, -0.25) is 4.79 Å². The molecule has 0 aromatic rings. The molecular weight excluding hydrogens is 613 g/mol. The lowest BCUT2D eigenvalue weighted by Gasteiger charge is -2.44. The first-order chi connectivity index (χ1) is 21.6. The van der Waals surface area contributed by atoms with E-state index in [0.717, 1.165) is 31.3 Å². The van der Waals surface area contributed by atoms with Gasteiger partial charge in [-0.2, -0.15) is 0 Å². The smallest absolute Gasteiger partial charge is 0.312 e. The minimum absolute atomic E-state index is 0.0564. The number of rotatable bonds is 12. The van der Waals surface area contributed by atoms with Gasteiger partial charge in [0.2, 0.25) is 0 Å². The number of allylic oxidation sites excluding steroid dienone is 6. The first kappa shape index (κ1) is 40.0. The van der Waals surface area contributed by atoms with Gasteiger partial charge in [0.1, 0.15) is 5.60 Å². The molecule has 6 heteroatoms. The van der Waals surface area contributed by atoms with Crippen LogP contribution in [-0.4, -0.2) is 40.4 Å². The van der Waals surface area contributed by atoms with Crippen molar-refractivity contribution in [3.05, 3.63) is 59.8 Å². The molecule has 3 fully saturated rings. The third kappa shape index (κ3) is 10.8. The van der Waals surface area contributed by atoms with Gasteiger partial charge >= 0.3 is 5.97 Å². The van der Waals surface area contributed by atoms with Crippen molar-refractivity contribution in [3.63, 3.8) is 0 Å². The Bertz CT molecular complexity index is 1220. The average Bonchev–Trinajstić information content (AvgIpc) is 3.30.